The predicted molar refractivity (Wildman–Crippen MR) is 102 cm³/mol. The van der Waals surface area contributed by atoms with Crippen LogP contribution in [0.5, 0.6) is 11.5 Å². The number of halogens is 2. The van der Waals surface area contributed by atoms with E-state index in [1.165, 1.54) is 19.1 Å². The summed E-state index contributed by atoms with van der Waals surface area (Å²) in [6.07, 6.45) is 1.75. The van der Waals surface area contributed by atoms with Crippen LogP contribution in [0.4, 0.5) is 5.69 Å². The first kappa shape index (κ1) is 19.1. The zero-order valence-electron chi connectivity index (χ0n) is 14.2. The van der Waals surface area contributed by atoms with E-state index < -0.39 is 18.0 Å². The number of benzene rings is 2. The molecule has 0 radical (unpaired) electrons. The number of anilines is 1. The summed E-state index contributed by atoms with van der Waals surface area (Å²) in [6, 6.07) is 9.92. The number of hydrogen-bond donors (Lipinski definition) is 1. The summed E-state index contributed by atoms with van der Waals surface area (Å²) in [7, 11) is 0. The van der Waals surface area contributed by atoms with Crippen LogP contribution in [0.15, 0.2) is 42.5 Å². The topological polar surface area (TPSA) is 73.9 Å². The number of rotatable bonds is 5. The maximum Gasteiger partial charge on any atom is 0.331 e. The summed E-state index contributed by atoms with van der Waals surface area (Å²) in [5.41, 5.74) is 1.19. The highest BCUT2D eigenvalue weighted by Gasteiger charge is 2.19. The fraction of sp³-hybridized carbons (Fsp3) is 0.158. The SMILES string of the molecule is C[C@@H](OC(=O)/C=C/c1cc(Cl)c2c(c1)OCO2)C(=O)Nc1ccc(Cl)cc1. The van der Waals surface area contributed by atoms with Gasteiger partial charge in [0.2, 0.25) is 6.79 Å². The minimum atomic E-state index is -0.974. The van der Waals surface area contributed by atoms with E-state index in [1.54, 1.807) is 36.4 Å². The van der Waals surface area contributed by atoms with Gasteiger partial charge in [-0.3, -0.25) is 4.79 Å². The second kappa shape index (κ2) is 8.33. The number of fused-ring (bicyclic) bond motifs is 1. The Bertz CT molecular complexity index is 896. The second-order valence-electron chi connectivity index (χ2n) is 5.65. The molecule has 6 nitrogen and oxygen atoms in total. The van der Waals surface area contributed by atoms with Crippen molar-refractivity contribution in [2.45, 2.75) is 13.0 Å². The number of amides is 1. The van der Waals surface area contributed by atoms with Gasteiger partial charge in [0.25, 0.3) is 5.91 Å². The first-order chi connectivity index (χ1) is 12.9. The van der Waals surface area contributed by atoms with Gasteiger partial charge in [-0.25, -0.2) is 4.79 Å². The first-order valence-corrected chi connectivity index (χ1v) is 8.72. The molecule has 1 aliphatic rings. The molecule has 1 atom stereocenters. The van der Waals surface area contributed by atoms with Crippen LogP contribution in [-0.2, 0) is 14.3 Å². The van der Waals surface area contributed by atoms with Crippen molar-refractivity contribution in [1.82, 2.24) is 0 Å². The van der Waals surface area contributed by atoms with E-state index >= 15 is 0 Å². The largest absolute Gasteiger partial charge is 0.454 e. The molecule has 0 fully saturated rings. The molecule has 0 aliphatic carbocycles. The number of carbonyl (C=O) groups is 2. The number of nitrogens with one attached hydrogen (secondary N) is 1. The monoisotopic (exact) mass is 407 g/mol. The number of hydrogen-bond acceptors (Lipinski definition) is 5. The van der Waals surface area contributed by atoms with E-state index in [0.717, 1.165) is 0 Å². The van der Waals surface area contributed by atoms with Crippen molar-refractivity contribution in [3.63, 3.8) is 0 Å². The van der Waals surface area contributed by atoms with E-state index in [4.69, 9.17) is 37.4 Å². The molecule has 0 unspecified atom stereocenters. The van der Waals surface area contributed by atoms with Crippen molar-refractivity contribution < 1.29 is 23.8 Å². The summed E-state index contributed by atoms with van der Waals surface area (Å²) >= 11 is 11.9. The molecule has 27 heavy (non-hydrogen) atoms. The van der Waals surface area contributed by atoms with E-state index in [9.17, 15) is 9.59 Å². The minimum absolute atomic E-state index is 0.102. The maximum absolute atomic E-state index is 12.1. The van der Waals surface area contributed by atoms with Crippen molar-refractivity contribution >= 4 is 46.8 Å². The summed E-state index contributed by atoms with van der Waals surface area (Å²) in [6.45, 7) is 1.58. The molecule has 2 aromatic carbocycles. The molecule has 0 saturated heterocycles. The number of carbonyl (C=O) groups excluding carboxylic acids is 2. The Morgan fingerprint density at radius 1 is 1.19 bits per heavy atom. The van der Waals surface area contributed by atoms with Gasteiger partial charge >= 0.3 is 5.97 Å². The molecule has 0 bridgehead atoms. The molecule has 0 spiro atoms. The van der Waals surface area contributed by atoms with Crippen molar-refractivity contribution in [3.05, 3.63) is 58.1 Å². The van der Waals surface area contributed by atoms with Crippen LogP contribution in [0.1, 0.15) is 12.5 Å². The van der Waals surface area contributed by atoms with E-state index in [2.05, 4.69) is 5.32 Å². The van der Waals surface area contributed by atoms with Crippen LogP contribution in [0.3, 0.4) is 0 Å². The highest BCUT2D eigenvalue weighted by molar-refractivity contribution is 6.32. The lowest BCUT2D eigenvalue weighted by molar-refractivity contribution is -0.148. The van der Waals surface area contributed by atoms with Crippen LogP contribution < -0.4 is 14.8 Å². The van der Waals surface area contributed by atoms with Gasteiger partial charge in [-0.15, -0.1) is 0 Å². The quantitative estimate of drug-likeness (QED) is 0.590. The highest BCUT2D eigenvalue weighted by Crippen LogP contribution is 2.40. The third-order valence-electron chi connectivity index (χ3n) is 3.64. The average molecular weight is 408 g/mol. The van der Waals surface area contributed by atoms with Crippen molar-refractivity contribution in [3.8, 4) is 11.5 Å². The molecule has 1 heterocycles. The lowest BCUT2D eigenvalue weighted by Gasteiger charge is -2.12. The fourth-order valence-corrected chi connectivity index (χ4v) is 2.69. The first-order valence-electron chi connectivity index (χ1n) is 7.96. The Morgan fingerprint density at radius 2 is 1.93 bits per heavy atom. The third-order valence-corrected chi connectivity index (χ3v) is 4.17. The molecule has 1 amide bonds. The minimum Gasteiger partial charge on any atom is -0.454 e. The van der Waals surface area contributed by atoms with Crippen LogP contribution in [0.25, 0.3) is 6.08 Å². The number of ether oxygens (including phenoxy) is 3. The zero-order valence-corrected chi connectivity index (χ0v) is 15.7. The Labute approximate surface area is 165 Å². The maximum atomic E-state index is 12.1. The van der Waals surface area contributed by atoms with Crippen LogP contribution in [0, 0.1) is 0 Å². The molecular formula is C19H15Cl2NO5. The molecule has 8 heteroatoms. The van der Waals surface area contributed by atoms with Gasteiger partial charge in [0, 0.05) is 16.8 Å². The Kier molecular flexibility index (Phi) is 5.88. The fourth-order valence-electron chi connectivity index (χ4n) is 2.29. The molecule has 0 saturated carbocycles. The molecule has 1 N–H and O–H groups in total. The standard InChI is InChI=1S/C19H15Cl2NO5/c1-11(19(24)22-14-5-3-13(20)4-6-14)27-17(23)7-2-12-8-15(21)18-16(9-12)25-10-26-18/h2-9,11H,10H2,1H3,(H,22,24)/b7-2+/t11-/m1/s1. The average Bonchev–Trinajstić information content (AvgIpc) is 3.11. The molecule has 2 aromatic rings. The summed E-state index contributed by atoms with van der Waals surface area (Å²) in [5.74, 6) is -0.136. The molecule has 1 aliphatic heterocycles. The summed E-state index contributed by atoms with van der Waals surface area (Å²) in [5, 5.41) is 3.58. The van der Waals surface area contributed by atoms with Gasteiger partial charge < -0.3 is 19.5 Å². The van der Waals surface area contributed by atoms with E-state index in [0.29, 0.717) is 32.8 Å². The molecule has 3 rings (SSSR count). The third kappa shape index (κ3) is 4.93. The second-order valence-corrected chi connectivity index (χ2v) is 6.49. The van der Waals surface area contributed by atoms with Gasteiger partial charge in [0.05, 0.1) is 5.02 Å². The predicted octanol–water partition coefficient (Wildman–Crippen LogP) is 4.31. The Morgan fingerprint density at radius 3 is 2.67 bits per heavy atom. The van der Waals surface area contributed by atoms with Crippen molar-refractivity contribution in [2.24, 2.45) is 0 Å². The van der Waals surface area contributed by atoms with Gasteiger partial charge in [0.15, 0.2) is 17.6 Å². The normalized spacial score (nSPS) is 13.4. The smallest absolute Gasteiger partial charge is 0.331 e. The van der Waals surface area contributed by atoms with E-state index in [1.807, 2.05) is 0 Å². The van der Waals surface area contributed by atoms with Gasteiger partial charge in [-0.1, -0.05) is 23.2 Å². The van der Waals surface area contributed by atoms with Gasteiger partial charge in [0.1, 0.15) is 0 Å². The molecule has 140 valence electrons. The van der Waals surface area contributed by atoms with E-state index in [-0.39, 0.29) is 6.79 Å². The van der Waals surface area contributed by atoms with Crippen molar-refractivity contribution in [2.75, 3.05) is 12.1 Å². The number of esters is 1. The molecule has 0 aromatic heterocycles. The summed E-state index contributed by atoms with van der Waals surface area (Å²) in [4.78, 5) is 24.0. The Balaban J connectivity index is 1.56. The van der Waals surface area contributed by atoms with Crippen LogP contribution in [-0.4, -0.2) is 24.8 Å². The van der Waals surface area contributed by atoms with Crippen molar-refractivity contribution in [1.29, 1.82) is 0 Å². The summed E-state index contributed by atoms with van der Waals surface area (Å²) < 4.78 is 15.6. The zero-order chi connectivity index (χ0) is 19.4. The lowest BCUT2D eigenvalue weighted by Crippen LogP contribution is -2.29. The highest BCUT2D eigenvalue weighted by atomic mass is 35.5. The lowest BCUT2D eigenvalue weighted by atomic mass is 10.2. The van der Waals surface area contributed by atoms with Gasteiger partial charge in [-0.2, -0.15) is 0 Å². The van der Waals surface area contributed by atoms with Gasteiger partial charge in [-0.05, 0) is 55.0 Å². The Hall–Kier alpha value is -2.70. The molecular weight excluding hydrogens is 393 g/mol. The van der Waals surface area contributed by atoms with Crippen LogP contribution in [0.2, 0.25) is 10.0 Å². The van der Waals surface area contributed by atoms with Crippen LogP contribution >= 0.6 is 23.2 Å².